The van der Waals surface area contributed by atoms with Crippen LogP contribution >= 0.6 is 11.8 Å². The number of rotatable bonds is 7. The summed E-state index contributed by atoms with van der Waals surface area (Å²) >= 11 is 1.52. The summed E-state index contributed by atoms with van der Waals surface area (Å²) in [6, 6.07) is 19.4. The van der Waals surface area contributed by atoms with Crippen LogP contribution in [0.15, 0.2) is 65.6 Å². The molecule has 4 nitrogen and oxygen atoms in total. The summed E-state index contributed by atoms with van der Waals surface area (Å²) in [4.78, 5) is 16.4. The van der Waals surface area contributed by atoms with E-state index in [1.807, 2.05) is 67.6 Å². The maximum absolute atomic E-state index is 13.5. The summed E-state index contributed by atoms with van der Waals surface area (Å²) in [6.07, 6.45) is 1.34. The lowest BCUT2D eigenvalue weighted by molar-refractivity contribution is -0.132. The van der Waals surface area contributed by atoms with Gasteiger partial charge in [-0.25, -0.2) is 8.42 Å². The Morgan fingerprint density at radius 3 is 2.30 bits per heavy atom. The van der Waals surface area contributed by atoms with Crippen LogP contribution in [0.4, 0.5) is 0 Å². The van der Waals surface area contributed by atoms with Gasteiger partial charge in [0.15, 0.2) is 9.84 Å². The first-order valence-corrected chi connectivity index (χ1v) is 12.0. The second kappa shape index (κ2) is 8.93. The predicted octanol–water partition coefficient (Wildman–Crippen LogP) is 3.95. The fourth-order valence-corrected chi connectivity index (χ4v) is 6.26. The van der Waals surface area contributed by atoms with Crippen molar-refractivity contribution in [3.8, 4) is 0 Å². The Bertz CT molecular complexity index is 854. The summed E-state index contributed by atoms with van der Waals surface area (Å²) < 4.78 is 23.9. The fraction of sp³-hybridized carbons (Fsp3) is 0.381. The molecule has 27 heavy (non-hydrogen) atoms. The van der Waals surface area contributed by atoms with E-state index in [-0.39, 0.29) is 28.7 Å². The molecule has 0 saturated carbocycles. The molecule has 2 aromatic carbocycles. The Labute approximate surface area is 165 Å². The number of amides is 1. The number of hydrogen-bond donors (Lipinski definition) is 0. The summed E-state index contributed by atoms with van der Waals surface area (Å²) in [6.45, 7) is 2.60. The van der Waals surface area contributed by atoms with Crippen molar-refractivity contribution in [2.24, 2.45) is 0 Å². The third-order valence-corrected chi connectivity index (χ3v) is 7.72. The van der Waals surface area contributed by atoms with Crippen LogP contribution < -0.4 is 0 Å². The van der Waals surface area contributed by atoms with Gasteiger partial charge in [0.05, 0.1) is 11.5 Å². The number of sulfone groups is 1. The van der Waals surface area contributed by atoms with Crippen molar-refractivity contribution in [2.45, 2.75) is 36.0 Å². The summed E-state index contributed by atoms with van der Waals surface area (Å²) in [5.41, 5.74) is 0.943. The largest absolute Gasteiger partial charge is 0.337 e. The first-order valence-electron chi connectivity index (χ1n) is 9.27. The van der Waals surface area contributed by atoms with Crippen LogP contribution in [-0.2, 0) is 14.6 Å². The van der Waals surface area contributed by atoms with Gasteiger partial charge in [-0.1, -0.05) is 55.5 Å². The van der Waals surface area contributed by atoms with Crippen LogP contribution in [0.25, 0.3) is 0 Å². The van der Waals surface area contributed by atoms with Crippen LogP contribution in [0.1, 0.15) is 30.6 Å². The summed E-state index contributed by atoms with van der Waals surface area (Å²) in [5.74, 6) is 0.252. The average molecular weight is 404 g/mol. The molecule has 0 aromatic heterocycles. The van der Waals surface area contributed by atoms with Crippen molar-refractivity contribution in [3.63, 3.8) is 0 Å². The third kappa shape index (κ3) is 5.14. The second-order valence-corrected chi connectivity index (χ2v) is 10.2. The Hall–Kier alpha value is -1.79. The first-order chi connectivity index (χ1) is 13.0. The molecule has 2 aromatic rings. The van der Waals surface area contributed by atoms with E-state index in [0.717, 1.165) is 16.9 Å². The topological polar surface area (TPSA) is 54.5 Å². The Morgan fingerprint density at radius 2 is 1.74 bits per heavy atom. The molecular formula is C21H25NO3S2. The highest BCUT2D eigenvalue weighted by molar-refractivity contribution is 8.00. The number of thioether (sulfide) groups is 1. The number of hydrogen-bond acceptors (Lipinski definition) is 4. The van der Waals surface area contributed by atoms with Gasteiger partial charge in [-0.05, 0) is 30.5 Å². The van der Waals surface area contributed by atoms with Crippen molar-refractivity contribution in [3.05, 3.63) is 66.2 Å². The molecule has 0 N–H and O–H groups in total. The van der Waals surface area contributed by atoms with Gasteiger partial charge in [-0.3, -0.25) is 4.79 Å². The molecule has 0 bridgehead atoms. The molecule has 0 radical (unpaired) electrons. The van der Waals surface area contributed by atoms with Crippen molar-refractivity contribution < 1.29 is 13.2 Å². The van der Waals surface area contributed by atoms with Crippen molar-refractivity contribution >= 4 is 27.5 Å². The van der Waals surface area contributed by atoms with Crippen LogP contribution in [0.3, 0.4) is 0 Å². The Kier molecular flexibility index (Phi) is 6.60. The molecule has 1 aliphatic rings. The molecule has 1 heterocycles. The van der Waals surface area contributed by atoms with Crippen LogP contribution in [0, 0.1) is 0 Å². The van der Waals surface area contributed by atoms with Crippen LogP contribution in [0.5, 0.6) is 0 Å². The molecule has 2 unspecified atom stereocenters. The zero-order valence-electron chi connectivity index (χ0n) is 15.5. The van der Waals surface area contributed by atoms with E-state index >= 15 is 0 Å². The van der Waals surface area contributed by atoms with Gasteiger partial charge in [0, 0.05) is 17.5 Å². The monoisotopic (exact) mass is 403 g/mol. The maximum Gasteiger partial charge on any atom is 0.240 e. The third-order valence-electron chi connectivity index (χ3n) is 4.72. The average Bonchev–Trinajstić information content (AvgIpc) is 3.04. The van der Waals surface area contributed by atoms with E-state index in [9.17, 15) is 13.2 Å². The van der Waals surface area contributed by atoms with Crippen LogP contribution in [-0.4, -0.2) is 43.3 Å². The molecular weight excluding hydrogens is 378 g/mol. The zero-order valence-corrected chi connectivity index (χ0v) is 17.1. The van der Waals surface area contributed by atoms with Crippen molar-refractivity contribution in [2.75, 3.05) is 18.1 Å². The summed E-state index contributed by atoms with van der Waals surface area (Å²) in [7, 11) is -3.04. The zero-order chi connectivity index (χ0) is 19.3. The highest BCUT2D eigenvalue weighted by atomic mass is 32.2. The minimum atomic E-state index is -3.04. The number of nitrogens with zero attached hydrogens (tertiary/aromatic N) is 1. The molecule has 144 valence electrons. The van der Waals surface area contributed by atoms with Gasteiger partial charge in [0.25, 0.3) is 0 Å². The lowest BCUT2D eigenvalue weighted by Crippen LogP contribution is -2.43. The maximum atomic E-state index is 13.5. The van der Waals surface area contributed by atoms with E-state index in [0.29, 0.717) is 13.0 Å². The highest BCUT2D eigenvalue weighted by Crippen LogP contribution is 2.37. The number of carbonyl (C=O) groups excluding carboxylic acids is 1. The normalized spacial score (nSPS) is 19.5. The van der Waals surface area contributed by atoms with E-state index in [1.165, 1.54) is 11.8 Å². The number of carbonyl (C=O) groups is 1. The van der Waals surface area contributed by atoms with E-state index in [2.05, 4.69) is 0 Å². The standard InChI is InChI=1S/C21H25NO3S2/c1-2-14-22(18-13-15-27(24,25)16-18)21(23)20(17-9-5-3-6-10-17)26-19-11-7-4-8-12-19/h3-12,18,20H,2,13-16H2,1H3. The lowest BCUT2D eigenvalue weighted by atomic mass is 10.1. The van der Waals surface area contributed by atoms with Gasteiger partial charge in [-0.2, -0.15) is 0 Å². The van der Waals surface area contributed by atoms with Gasteiger partial charge < -0.3 is 4.90 Å². The van der Waals surface area contributed by atoms with E-state index < -0.39 is 9.84 Å². The van der Waals surface area contributed by atoms with Crippen molar-refractivity contribution in [1.29, 1.82) is 0 Å². The van der Waals surface area contributed by atoms with Gasteiger partial charge >= 0.3 is 0 Å². The molecule has 6 heteroatoms. The molecule has 1 aliphatic heterocycles. The smallest absolute Gasteiger partial charge is 0.240 e. The molecule has 3 rings (SSSR count). The SMILES string of the molecule is CCCN(C(=O)C(Sc1ccccc1)c1ccccc1)C1CCS(=O)(=O)C1. The molecule has 0 spiro atoms. The quantitative estimate of drug-likeness (QED) is 0.657. The number of benzene rings is 2. The summed E-state index contributed by atoms with van der Waals surface area (Å²) in [5, 5.41) is -0.386. The van der Waals surface area contributed by atoms with E-state index in [4.69, 9.17) is 0 Å². The Balaban J connectivity index is 1.90. The van der Waals surface area contributed by atoms with Gasteiger partial charge in [0.2, 0.25) is 5.91 Å². The van der Waals surface area contributed by atoms with Crippen molar-refractivity contribution in [1.82, 2.24) is 4.90 Å². The minimum Gasteiger partial charge on any atom is -0.337 e. The molecule has 1 amide bonds. The van der Waals surface area contributed by atoms with Gasteiger partial charge in [-0.15, -0.1) is 11.8 Å². The van der Waals surface area contributed by atoms with Crippen LogP contribution in [0.2, 0.25) is 0 Å². The molecule has 0 aliphatic carbocycles. The fourth-order valence-electron chi connectivity index (χ4n) is 3.41. The molecule has 2 atom stereocenters. The molecule has 1 saturated heterocycles. The second-order valence-electron chi connectivity index (χ2n) is 6.81. The minimum absolute atomic E-state index is 0.000923. The first kappa shape index (κ1) is 20.0. The Morgan fingerprint density at radius 1 is 1.11 bits per heavy atom. The predicted molar refractivity (Wildman–Crippen MR) is 111 cm³/mol. The van der Waals surface area contributed by atoms with Gasteiger partial charge in [0.1, 0.15) is 5.25 Å². The highest BCUT2D eigenvalue weighted by Gasteiger charge is 2.37. The molecule has 1 fully saturated rings. The van der Waals surface area contributed by atoms with E-state index in [1.54, 1.807) is 4.90 Å². The lowest BCUT2D eigenvalue weighted by Gasteiger charge is -2.31.